The Morgan fingerprint density at radius 1 is 1.24 bits per heavy atom. The third-order valence-electron chi connectivity index (χ3n) is 5.39. The molecular formula is C24H25N3O4S2. The highest BCUT2D eigenvalue weighted by molar-refractivity contribution is 7.90. The Morgan fingerprint density at radius 3 is 2.61 bits per heavy atom. The van der Waals surface area contributed by atoms with Crippen LogP contribution < -0.4 is 10.2 Å². The second-order valence-corrected chi connectivity index (χ2v) is 11.2. The molecule has 1 atom stereocenters. The van der Waals surface area contributed by atoms with Crippen molar-refractivity contribution in [2.45, 2.75) is 32.1 Å². The number of hydrogen-bond donors (Lipinski definition) is 2. The highest BCUT2D eigenvalue weighted by Crippen LogP contribution is 2.37. The molecule has 1 aromatic heterocycles. The van der Waals surface area contributed by atoms with E-state index in [1.807, 2.05) is 38.3 Å². The summed E-state index contributed by atoms with van der Waals surface area (Å²) in [6.07, 6.45) is 3.83. The largest absolute Gasteiger partial charge is 0.457 e. The average molecular weight is 484 g/mol. The van der Waals surface area contributed by atoms with Gasteiger partial charge in [0, 0.05) is 34.0 Å². The number of nitrogens with one attached hydrogen (secondary N) is 1. The zero-order chi connectivity index (χ0) is 23.8. The number of thiophene rings is 1. The highest BCUT2D eigenvalue weighted by atomic mass is 32.2. The van der Waals surface area contributed by atoms with Crippen LogP contribution in [0.4, 0.5) is 0 Å². The van der Waals surface area contributed by atoms with Crippen LogP contribution in [0.1, 0.15) is 31.4 Å². The van der Waals surface area contributed by atoms with Crippen molar-refractivity contribution in [3.8, 4) is 11.5 Å². The van der Waals surface area contributed by atoms with E-state index in [-0.39, 0.29) is 16.6 Å². The van der Waals surface area contributed by atoms with E-state index in [9.17, 15) is 13.6 Å². The molecule has 3 aromatic rings. The van der Waals surface area contributed by atoms with Crippen molar-refractivity contribution >= 4 is 42.9 Å². The first-order valence-corrected chi connectivity index (χ1v) is 13.1. The fourth-order valence-electron chi connectivity index (χ4n) is 3.72. The molecule has 1 unspecified atom stereocenters. The number of allylic oxidation sites excluding steroid dienone is 1. The van der Waals surface area contributed by atoms with Gasteiger partial charge in [0.1, 0.15) is 17.3 Å². The molecule has 172 valence electrons. The fourth-order valence-corrected chi connectivity index (χ4v) is 5.35. The summed E-state index contributed by atoms with van der Waals surface area (Å²) in [5, 5.41) is 12.9. The lowest BCUT2D eigenvalue weighted by molar-refractivity contribution is 0.235. The molecule has 0 spiro atoms. The van der Waals surface area contributed by atoms with E-state index in [1.54, 1.807) is 29.7 Å². The van der Waals surface area contributed by atoms with Gasteiger partial charge in [0.2, 0.25) is 0 Å². The molecule has 0 saturated carbocycles. The third kappa shape index (κ3) is 5.00. The number of aliphatic imine (C=N–C) groups is 2. The Morgan fingerprint density at radius 2 is 1.97 bits per heavy atom. The van der Waals surface area contributed by atoms with E-state index in [1.165, 1.54) is 24.0 Å². The van der Waals surface area contributed by atoms with Crippen LogP contribution in [0.2, 0.25) is 0 Å². The predicted octanol–water partition coefficient (Wildman–Crippen LogP) is 5.47. The molecule has 0 amide bonds. The first kappa shape index (κ1) is 23.2. The van der Waals surface area contributed by atoms with Crippen LogP contribution in [0.3, 0.4) is 0 Å². The standard InChI is InChI=1S/C24H25N3O4S2/c1-14-9-15(2)23(25-12-14)26-24(27-28)17-10-20(22-16(3)13-32-21(22)11-17)31-18-5-7-19(8-6-18)33(4,29)30/h5-8,10-13,15,28H,9H2,1-4H3,(H,25,26,27). The van der Waals surface area contributed by atoms with E-state index in [0.29, 0.717) is 22.9 Å². The van der Waals surface area contributed by atoms with Crippen molar-refractivity contribution in [1.29, 1.82) is 0 Å². The molecule has 0 bridgehead atoms. The minimum Gasteiger partial charge on any atom is -0.457 e. The summed E-state index contributed by atoms with van der Waals surface area (Å²) in [7, 11) is -3.29. The van der Waals surface area contributed by atoms with Crippen LogP contribution in [0.15, 0.2) is 68.4 Å². The van der Waals surface area contributed by atoms with E-state index in [2.05, 4.69) is 15.5 Å². The molecule has 4 rings (SSSR count). The van der Waals surface area contributed by atoms with Gasteiger partial charge in [0.05, 0.1) is 4.90 Å². The normalized spacial score (nSPS) is 17.0. The van der Waals surface area contributed by atoms with Gasteiger partial charge in [-0.05, 0) is 67.6 Å². The highest BCUT2D eigenvalue weighted by Gasteiger charge is 2.18. The molecule has 2 heterocycles. The summed E-state index contributed by atoms with van der Waals surface area (Å²) in [4.78, 5) is 9.24. The van der Waals surface area contributed by atoms with Crippen LogP contribution in [-0.2, 0) is 9.84 Å². The van der Waals surface area contributed by atoms with E-state index in [4.69, 9.17) is 4.74 Å². The maximum atomic E-state index is 11.7. The number of amidine groups is 2. The Labute approximate surface area is 197 Å². The lowest BCUT2D eigenvalue weighted by Gasteiger charge is -2.17. The molecule has 9 heteroatoms. The van der Waals surface area contributed by atoms with E-state index >= 15 is 0 Å². The molecule has 7 nitrogen and oxygen atoms in total. The number of benzene rings is 2. The third-order valence-corrected chi connectivity index (χ3v) is 7.57. The fraction of sp³-hybridized carbons (Fsp3) is 0.250. The molecule has 0 fully saturated rings. The first-order chi connectivity index (χ1) is 15.7. The van der Waals surface area contributed by atoms with Gasteiger partial charge in [-0.1, -0.05) is 12.5 Å². The number of hydroxylamine groups is 1. The molecule has 2 aromatic carbocycles. The molecule has 2 N–H and O–H groups in total. The van der Waals surface area contributed by atoms with Crippen molar-refractivity contribution in [3.05, 3.63) is 64.7 Å². The summed E-state index contributed by atoms with van der Waals surface area (Å²) in [5.74, 6) is 2.14. The number of hydrogen-bond acceptors (Lipinski definition) is 7. The van der Waals surface area contributed by atoms with Crippen LogP contribution in [0.25, 0.3) is 10.1 Å². The molecule has 1 aliphatic rings. The summed E-state index contributed by atoms with van der Waals surface area (Å²) in [6.45, 7) is 6.09. The van der Waals surface area contributed by atoms with Crippen LogP contribution in [0, 0.1) is 12.8 Å². The van der Waals surface area contributed by atoms with Gasteiger partial charge in [0.15, 0.2) is 15.7 Å². The Bertz CT molecular complexity index is 1400. The van der Waals surface area contributed by atoms with Gasteiger partial charge in [-0.25, -0.2) is 18.4 Å². The quantitative estimate of drug-likeness (QED) is 0.291. The van der Waals surface area contributed by atoms with Crippen molar-refractivity contribution in [2.75, 3.05) is 6.26 Å². The van der Waals surface area contributed by atoms with Gasteiger partial charge < -0.3 is 4.74 Å². The summed E-state index contributed by atoms with van der Waals surface area (Å²) >= 11 is 1.57. The molecular weight excluding hydrogens is 458 g/mol. The minimum absolute atomic E-state index is 0.134. The van der Waals surface area contributed by atoms with Crippen molar-refractivity contribution in [3.63, 3.8) is 0 Å². The molecule has 33 heavy (non-hydrogen) atoms. The summed E-state index contributed by atoms with van der Waals surface area (Å²) in [5.41, 5.74) is 5.11. The molecule has 1 aliphatic heterocycles. The van der Waals surface area contributed by atoms with Gasteiger partial charge >= 0.3 is 0 Å². The zero-order valence-corrected chi connectivity index (χ0v) is 20.4. The van der Waals surface area contributed by atoms with Gasteiger partial charge in [-0.3, -0.25) is 10.7 Å². The molecule has 0 radical (unpaired) electrons. The topological polar surface area (TPSA) is 100 Å². The molecule has 0 aliphatic carbocycles. The predicted molar refractivity (Wildman–Crippen MR) is 133 cm³/mol. The number of aryl methyl sites for hydroxylation is 1. The van der Waals surface area contributed by atoms with E-state index < -0.39 is 9.84 Å². The summed E-state index contributed by atoms with van der Waals surface area (Å²) < 4.78 is 30.6. The average Bonchev–Trinajstić information content (AvgIpc) is 3.14. The maximum Gasteiger partial charge on any atom is 0.175 e. The number of ether oxygens (including phenoxy) is 1. The van der Waals surface area contributed by atoms with Crippen molar-refractivity contribution in [1.82, 2.24) is 5.48 Å². The second kappa shape index (κ2) is 9.09. The van der Waals surface area contributed by atoms with Gasteiger partial charge in [-0.2, -0.15) is 0 Å². The van der Waals surface area contributed by atoms with Gasteiger partial charge in [0.25, 0.3) is 0 Å². The smallest absolute Gasteiger partial charge is 0.175 e. The lowest BCUT2D eigenvalue weighted by Crippen LogP contribution is -2.24. The Kier molecular flexibility index (Phi) is 6.38. The van der Waals surface area contributed by atoms with E-state index in [0.717, 1.165) is 22.1 Å². The number of nitrogens with zero attached hydrogens (tertiary/aromatic N) is 2. The lowest BCUT2D eigenvalue weighted by atomic mass is 9.99. The number of rotatable bonds is 4. The zero-order valence-electron chi connectivity index (χ0n) is 18.8. The maximum absolute atomic E-state index is 11.7. The second-order valence-electron chi connectivity index (χ2n) is 8.25. The monoisotopic (exact) mass is 483 g/mol. The van der Waals surface area contributed by atoms with Crippen molar-refractivity contribution < 1.29 is 18.4 Å². The van der Waals surface area contributed by atoms with Gasteiger partial charge in [-0.15, -0.1) is 11.3 Å². The SMILES string of the molecule is CC1=CN=C(N=C(NO)c2cc(Oc3ccc(S(C)(=O)=O)cc3)c3c(C)csc3c2)C(C)C1. The first-order valence-electron chi connectivity index (χ1n) is 10.4. The van der Waals surface area contributed by atoms with Crippen molar-refractivity contribution in [2.24, 2.45) is 15.9 Å². The van der Waals surface area contributed by atoms with Crippen LogP contribution in [-0.4, -0.2) is 31.6 Å². The van der Waals surface area contributed by atoms with Crippen LogP contribution in [0.5, 0.6) is 11.5 Å². The molecule has 0 saturated heterocycles. The summed E-state index contributed by atoms with van der Waals surface area (Å²) in [6, 6.07) is 10.1. The number of fused-ring (bicyclic) bond motifs is 1. The Balaban J connectivity index is 1.76. The van der Waals surface area contributed by atoms with Crippen LogP contribution >= 0.6 is 11.3 Å². The Hall–Kier alpha value is -3.01. The minimum atomic E-state index is -3.29. The number of sulfone groups is 1.